The van der Waals surface area contributed by atoms with Crippen molar-refractivity contribution in [3.63, 3.8) is 0 Å². The van der Waals surface area contributed by atoms with Crippen molar-refractivity contribution in [2.45, 2.75) is 13.8 Å². The normalized spacial score (nSPS) is 11.0. The molecule has 0 atom stereocenters. The SMILES string of the molecule is Cc1cc2nc(N)sc2c(C)c1NC(=O)c1ccc(Cl)cc1Cl. The van der Waals surface area contributed by atoms with E-state index in [9.17, 15) is 4.79 Å². The number of halogens is 2. The van der Waals surface area contributed by atoms with Gasteiger partial charge in [-0.3, -0.25) is 4.79 Å². The van der Waals surface area contributed by atoms with E-state index in [2.05, 4.69) is 10.3 Å². The highest BCUT2D eigenvalue weighted by Gasteiger charge is 2.16. The molecule has 3 N–H and O–H groups in total. The molecule has 1 heterocycles. The number of aryl methyl sites for hydroxylation is 2. The molecule has 0 unspecified atom stereocenters. The molecule has 1 amide bonds. The molecule has 3 aromatic rings. The Labute approximate surface area is 147 Å². The first-order chi connectivity index (χ1) is 10.9. The first kappa shape index (κ1) is 16.1. The lowest BCUT2D eigenvalue weighted by molar-refractivity contribution is 0.102. The summed E-state index contributed by atoms with van der Waals surface area (Å²) in [4.78, 5) is 16.8. The lowest BCUT2D eigenvalue weighted by Gasteiger charge is -2.13. The van der Waals surface area contributed by atoms with Gasteiger partial charge in [0.2, 0.25) is 0 Å². The standard InChI is InChI=1S/C16H13Cl2N3OS/c1-7-5-12-14(23-16(19)20-12)8(2)13(7)21-15(22)10-4-3-9(17)6-11(10)18/h3-6H,1-2H3,(H2,19,20)(H,21,22). The third kappa shape index (κ3) is 3.00. The van der Waals surface area contributed by atoms with Crippen molar-refractivity contribution in [3.8, 4) is 0 Å². The van der Waals surface area contributed by atoms with E-state index in [4.69, 9.17) is 28.9 Å². The lowest BCUT2D eigenvalue weighted by Crippen LogP contribution is -2.14. The maximum Gasteiger partial charge on any atom is 0.257 e. The van der Waals surface area contributed by atoms with E-state index in [0.717, 1.165) is 27.0 Å². The van der Waals surface area contributed by atoms with Gasteiger partial charge < -0.3 is 11.1 Å². The Hall–Kier alpha value is -1.82. The number of thiazole rings is 1. The second-order valence-electron chi connectivity index (χ2n) is 5.17. The molecule has 0 saturated carbocycles. The van der Waals surface area contributed by atoms with Crippen molar-refractivity contribution in [1.29, 1.82) is 0 Å². The molecule has 0 spiro atoms. The number of hydrogen-bond acceptors (Lipinski definition) is 4. The Balaban J connectivity index is 2.02. The van der Waals surface area contributed by atoms with Gasteiger partial charge in [0.05, 0.1) is 20.8 Å². The molecular formula is C16H13Cl2N3OS. The fourth-order valence-electron chi connectivity index (χ4n) is 2.45. The van der Waals surface area contributed by atoms with Crippen LogP contribution < -0.4 is 11.1 Å². The minimum absolute atomic E-state index is 0.283. The molecule has 0 radical (unpaired) electrons. The van der Waals surface area contributed by atoms with Crippen LogP contribution in [-0.2, 0) is 0 Å². The van der Waals surface area contributed by atoms with Crippen molar-refractivity contribution >= 4 is 61.5 Å². The summed E-state index contributed by atoms with van der Waals surface area (Å²) in [6.45, 7) is 3.85. The van der Waals surface area contributed by atoms with E-state index in [-0.39, 0.29) is 5.91 Å². The zero-order valence-electron chi connectivity index (χ0n) is 12.4. The van der Waals surface area contributed by atoms with Crippen molar-refractivity contribution < 1.29 is 4.79 Å². The highest BCUT2D eigenvalue weighted by Crippen LogP contribution is 2.34. The Bertz CT molecular complexity index is 937. The van der Waals surface area contributed by atoms with Crippen molar-refractivity contribution in [1.82, 2.24) is 4.98 Å². The highest BCUT2D eigenvalue weighted by molar-refractivity contribution is 7.22. The molecule has 0 aliphatic carbocycles. The molecule has 1 aromatic heterocycles. The fourth-order valence-corrected chi connectivity index (χ4v) is 3.76. The van der Waals surface area contributed by atoms with Crippen molar-refractivity contribution in [3.05, 3.63) is 51.0 Å². The van der Waals surface area contributed by atoms with E-state index < -0.39 is 0 Å². The predicted molar refractivity (Wildman–Crippen MR) is 97.9 cm³/mol. The number of carbonyl (C=O) groups excluding carboxylic acids is 1. The van der Waals surface area contributed by atoms with E-state index in [1.54, 1.807) is 18.2 Å². The van der Waals surface area contributed by atoms with E-state index in [1.807, 2.05) is 19.9 Å². The monoisotopic (exact) mass is 365 g/mol. The minimum Gasteiger partial charge on any atom is -0.375 e. The summed E-state index contributed by atoms with van der Waals surface area (Å²) in [5.74, 6) is -0.283. The van der Waals surface area contributed by atoms with Gasteiger partial charge in [0, 0.05) is 10.7 Å². The average molecular weight is 366 g/mol. The Kier molecular flexibility index (Phi) is 4.19. The van der Waals surface area contributed by atoms with Crippen molar-refractivity contribution in [2.24, 2.45) is 0 Å². The van der Waals surface area contributed by atoms with Crippen molar-refractivity contribution in [2.75, 3.05) is 11.1 Å². The number of rotatable bonds is 2. The van der Waals surface area contributed by atoms with Gasteiger partial charge >= 0.3 is 0 Å². The van der Waals surface area contributed by atoms with E-state index in [0.29, 0.717) is 20.7 Å². The second kappa shape index (κ2) is 6.00. The van der Waals surface area contributed by atoms with Gasteiger partial charge in [-0.1, -0.05) is 34.5 Å². The summed E-state index contributed by atoms with van der Waals surface area (Å²) < 4.78 is 0.964. The topological polar surface area (TPSA) is 68.0 Å². The third-order valence-electron chi connectivity index (χ3n) is 3.55. The van der Waals surface area contributed by atoms with Crippen LogP contribution in [0.4, 0.5) is 10.8 Å². The van der Waals surface area contributed by atoms with E-state index in [1.165, 1.54) is 11.3 Å². The number of anilines is 2. The van der Waals surface area contributed by atoms with Crippen LogP contribution in [0.15, 0.2) is 24.3 Å². The number of amides is 1. The van der Waals surface area contributed by atoms with Gasteiger partial charge in [0.1, 0.15) is 0 Å². The summed E-state index contributed by atoms with van der Waals surface area (Å²) in [5, 5.41) is 4.23. The largest absolute Gasteiger partial charge is 0.375 e. The lowest BCUT2D eigenvalue weighted by atomic mass is 10.1. The maximum absolute atomic E-state index is 12.5. The summed E-state index contributed by atoms with van der Waals surface area (Å²) >= 11 is 13.4. The molecule has 0 saturated heterocycles. The Morgan fingerprint density at radius 3 is 2.70 bits per heavy atom. The van der Waals surface area contributed by atoms with Crippen LogP contribution in [0.1, 0.15) is 21.5 Å². The summed E-state index contributed by atoms with van der Waals surface area (Å²) in [7, 11) is 0. The second-order valence-corrected chi connectivity index (χ2v) is 7.05. The number of carbonyl (C=O) groups is 1. The maximum atomic E-state index is 12.5. The zero-order valence-corrected chi connectivity index (χ0v) is 14.7. The Morgan fingerprint density at radius 1 is 1.26 bits per heavy atom. The van der Waals surface area contributed by atoms with Gasteiger partial charge in [-0.25, -0.2) is 4.98 Å². The smallest absolute Gasteiger partial charge is 0.257 e. The predicted octanol–water partition coefficient (Wildman–Crippen LogP) is 5.05. The summed E-state index contributed by atoms with van der Waals surface area (Å²) in [6.07, 6.45) is 0. The molecule has 23 heavy (non-hydrogen) atoms. The quantitative estimate of drug-likeness (QED) is 0.667. The first-order valence-electron chi connectivity index (χ1n) is 6.79. The van der Waals surface area contributed by atoms with Crippen LogP contribution >= 0.6 is 34.5 Å². The van der Waals surface area contributed by atoms with E-state index >= 15 is 0 Å². The number of nitrogen functional groups attached to an aromatic ring is 1. The van der Waals surface area contributed by atoms with Crippen LogP contribution in [0.25, 0.3) is 10.2 Å². The molecule has 0 fully saturated rings. The zero-order chi connectivity index (χ0) is 16.7. The van der Waals surface area contributed by atoms with Crippen LogP contribution in [0.2, 0.25) is 10.0 Å². The van der Waals surface area contributed by atoms with Gasteiger partial charge in [0.15, 0.2) is 5.13 Å². The van der Waals surface area contributed by atoms with Gasteiger partial charge in [-0.05, 0) is 49.2 Å². The van der Waals surface area contributed by atoms with Gasteiger partial charge in [-0.2, -0.15) is 0 Å². The molecule has 0 aliphatic rings. The third-order valence-corrected chi connectivity index (χ3v) is 5.12. The number of nitrogens with zero attached hydrogens (tertiary/aromatic N) is 1. The molecule has 118 valence electrons. The fraction of sp³-hybridized carbons (Fsp3) is 0.125. The summed E-state index contributed by atoms with van der Waals surface area (Å²) in [6, 6.07) is 6.70. The first-order valence-corrected chi connectivity index (χ1v) is 8.36. The molecule has 4 nitrogen and oxygen atoms in total. The number of hydrogen-bond donors (Lipinski definition) is 2. The van der Waals surface area contributed by atoms with Crippen LogP contribution in [0, 0.1) is 13.8 Å². The van der Waals surface area contributed by atoms with Crippen LogP contribution in [-0.4, -0.2) is 10.9 Å². The number of fused-ring (bicyclic) bond motifs is 1. The average Bonchev–Trinajstić information content (AvgIpc) is 2.83. The molecule has 0 aliphatic heterocycles. The van der Waals surface area contributed by atoms with Crippen LogP contribution in [0.3, 0.4) is 0 Å². The minimum atomic E-state index is -0.283. The summed E-state index contributed by atoms with van der Waals surface area (Å²) in [5.41, 5.74) is 9.59. The molecular weight excluding hydrogens is 353 g/mol. The number of nitrogens with one attached hydrogen (secondary N) is 1. The Morgan fingerprint density at radius 2 is 2.00 bits per heavy atom. The van der Waals surface area contributed by atoms with Crippen LogP contribution in [0.5, 0.6) is 0 Å². The molecule has 2 aromatic carbocycles. The molecule has 3 rings (SSSR count). The highest BCUT2D eigenvalue weighted by atomic mass is 35.5. The number of benzene rings is 2. The number of nitrogens with two attached hydrogens (primary N) is 1. The molecule has 0 bridgehead atoms. The van der Waals surface area contributed by atoms with Gasteiger partial charge in [0.25, 0.3) is 5.91 Å². The van der Waals surface area contributed by atoms with Gasteiger partial charge in [-0.15, -0.1) is 0 Å². The number of aromatic nitrogens is 1. The molecule has 7 heteroatoms.